The number of rotatable bonds is 7. The third-order valence-electron chi connectivity index (χ3n) is 3.19. The quantitative estimate of drug-likeness (QED) is 0.578. The summed E-state index contributed by atoms with van der Waals surface area (Å²) in [4.78, 5) is 4.71. The van der Waals surface area contributed by atoms with Crippen LogP contribution in [0.2, 0.25) is 0 Å². The van der Waals surface area contributed by atoms with Crippen LogP contribution in [0.15, 0.2) is 0 Å². The minimum atomic E-state index is 0.576. The van der Waals surface area contributed by atoms with E-state index in [0.717, 1.165) is 48.7 Å². The molecule has 0 radical (unpaired) electrons. The van der Waals surface area contributed by atoms with Crippen LogP contribution in [-0.2, 0) is 31.2 Å². The number of alkyl halides is 1. The monoisotopic (exact) mass is 284 g/mol. The fraction of sp³-hybridized carbons (Fsp3) is 0.692. The molecule has 0 N–H and O–H groups in total. The van der Waals surface area contributed by atoms with Gasteiger partial charge in [-0.3, -0.25) is 4.68 Å². The molecule has 2 aromatic rings. The molecule has 19 heavy (non-hydrogen) atoms. The van der Waals surface area contributed by atoms with Crippen molar-refractivity contribution in [3.63, 3.8) is 0 Å². The Bertz CT molecular complexity index is 546. The Hall–Kier alpha value is -1.07. The molecule has 6 heteroatoms. The van der Waals surface area contributed by atoms with Crippen LogP contribution >= 0.6 is 11.6 Å². The van der Waals surface area contributed by atoms with Crippen LogP contribution in [0.1, 0.15) is 25.4 Å². The number of nitrogens with zero attached hydrogens (tertiary/aromatic N) is 4. The molecule has 0 aromatic carbocycles. The summed E-state index contributed by atoms with van der Waals surface area (Å²) in [6, 6.07) is 0. The van der Waals surface area contributed by atoms with Gasteiger partial charge in [0, 0.05) is 32.5 Å². The summed E-state index contributed by atoms with van der Waals surface area (Å²) in [6.07, 6.45) is 1.66. The van der Waals surface area contributed by atoms with Gasteiger partial charge < -0.3 is 9.30 Å². The van der Waals surface area contributed by atoms with Gasteiger partial charge in [-0.25, -0.2) is 4.98 Å². The second-order valence-corrected chi connectivity index (χ2v) is 4.79. The Morgan fingerprint density at radius 3 is 2.74 bits per heavy atom. The maximum atomic E-state index is 5.87. The summed E-state index contributed by atoms with van der Waals surface area (Å²) in [7, 11) is 1.96. The normalized spacial score (nSPS) is 11.6. The molecule has 0 atom stereocenters. The zero-order valence-electron chi connectivity index (χ0n) is 11.8. The van der Waals surface area contributed by atoms with Gasteiger partial charge in [-0.1, -0.05) is 6.92 Å². The first-order valence-corrected chi connectivity index (χ1v) is 7.31. The molecule has 0 aliphatic heterocycles. The van der Waals surface area contributed by atoms with Gasteiger partial charge in [0.25, 0.3) is 0 Å². The van der Waals surface area contributed by atoms with Crippen molar-refractivity contribution < 1.29 is 4.74 Å². The van der Waals surface area contributed by atoms with Crippen LogP contribution in [0, 0.1) is 0 Å². The lowest BCUT2D eigenvalue weighted by Crippen LogP contribution is -2.12. The SMILES string of the molecule is CCOCCn1c(CCCl)nc2c(CC)nn(C)c21. The highest BCUT2D eigenvalue weighted by atomic mass is 35.5. The van der Waals surface area contributed by atoms with Gasteiger partial charge in [0.15, 0.2) is 5.65 Å². The smallest absolute Gasteiger partial charge is 0.158 e. The molecule has 0 saturated heterocycles. The second kappa shape index (κ2) is 6.39. The van der Waals surface area contributed by atoms with E-state index in [0.29, 0.717) is 12.5 Å². The van der Waals surface area contributed by atoms with Gasteiger partial charge in [0.05, 0.1) is 12.3 Å². The van der Waals surface area contributed by atoms with Gasteiger partial charge >= 0.3 is 0 Å². The predicted molar refractivity (Wildman–Crippen MR) is 76.8 cm³/mol. The Morgan fingerprint density at radius 1 is 1.32 bits per heavy atom. The third kappa shape index (κ3) is 2.77. The van der Waals surface area contributed by atoms with Crippen molar-refractivity contribution >= 4 is 22.8 Å². The molecule has 0 saturated carbocycles. The number of imidazole rings is 1. The number of ether oxygens (including phenoxy) is 1. The van der Waals surface area contributed by atoms with E-state index in [1.54, 1.807) is 0 Å². The van der Waals surface area contributed by atoms with Crippen molar-refractivity contribution in [3.8, 4) is 0 Å². The fourth-order valence-corrected chi connectivity index (χ4v) is 2.50. The molecule has 0 aliphatic carbocycles. The Balaban J connectivity index is 2.43. The Labute approximate surface area is 118 Å². The minimum absolute atomic E-state index is 0.576. The lowest BCUT2D eigenvalue weighted by Gasteiger charge is -2.08. The first kappa shape index (κ1) is 14.3. The Morgan fingerprint density at radius 2 is 2.11 bits per heavy atom. The van der Waals surface area contributed by atoms with E-state index in [4.69, 9.17) is 21.3 Å². The topological polar surface area (TPSA) is 44.9 Å². The van der Waals surface area contributed by atoms with Crippen LogP contribution in [0.25, 0.3) is 11.2 Å². The molecule has 0 unspecified atom stereocenters. The average molecular weight is 285 g/mol. The van der Waals surface area contributed by atoms with Crippen LogP contribution in [0.4, 0.5) is 0 Å². The van der Waals surface area contributed by atoms with E-state index >= 15 is 0 Å². The molecule has 0 amide bonds. The molecule has 2 rings (SSSR count). The van der Waals surface area contributed by atoms with Crippen molar-refractivity contribution in [1.82, 2.24) is 19.3 Å². The highest BCUT2D eigenvalue weighted by molar-refractivity contribution is 6.17. The van der Waals surface area contributed by atoms with Gasteiger partial charge in [0.1, 0.15) is 11.3 Å². The van der Waals surface area contributed by atoms with E-state index in [2.05, 4.69) is 16.6 Å². The van der Waals surface area contributed by atoms with Crippen molar-refractivity contribution in [3.05, 3.63) is 11.5 Å². The van der Waals surface area contributed by atoms with E-state index < -0.39 is 0 Å². The number of aryl methyl sites for hydroxylation is 3. The zero-order chi connectivity index (χ0) is 13.8. The maximum absolute atomic E-state index is 5.87. The van der Waals surface area contributed by atoms with Gasteiger partial charge in [0.2, 0.25) is 0 Å². The lowest BCUT2D eigenvalue weighted by atomic mass is 10.3. The van der Waals surface area contributed by atoms with Crippen LogP contribution in [0.3, 0.4) is 0 Å². The molecular weight excluding hydrogens is 264 g/mol. The van der Waals surface area contributed by atoms with Crippen molar-refractivity contribution in [1.29, 1.82) is 0 Å². The first-order valence-electron chi connectivity index (χ1n) is 6.77. The van der Waals surface area contributed by atoms with Gasteiger partial charge in [-0.05, 0) is 13.3 Å². The molecule has 106 valence electrons. The highest BCUT2D eigenvalue weighted by Crippen LogP contribution is 2.20. The van der Waals surface area contributed by atoms with Crippen molar-refractivity contribution in [2.75, 3.05) is 19.1 Å². The molecular formula is C13H21ClN4O. The van der Waals surface area contributed by atoms with Crippen LogP contribution in [-0.4, -0.2) is 38.4 Å². The lowest BCUT2D eigenvalue weighted by molar-refractivity contribution is 0.139. The molecule has 0 aliphatic rings. The fourth-order valence-electron chi connectivity index (χ4n) is 2.34. The maximum Gasteiger partial charge on any atom is 0.158 e. The predicted octanol–water partition coefficient (Wildman–Crippen LogP) is 2.15. The van der Waals surface area contributed by atoms with Crippen LogP contribution < -0.4 is 0 Å². The number of hydrogen-bond donors (Lipinski definition) is 0. The first-order chi connectivity index (χ1) is 9.22. The standard InChI is InChI=1S/C13H21ClN4O/c1-4-10-12-13(17(3)16-10)18(8-9-19-5-2)11(15-12)6-7-14/h4-9H2,1-3H3. The second-order valence-electron chi connectivity index (χ2n) is 4.41. The number of hydrogen-bond acceptors (Lipinski definition) is 3. The van der Waals surface area contributed by atoms with E-state index in [1.807, 2.05) is 18.7 Å². The molecule has 5 nitrogen and oxygen atoms in total. The van der Waals surface area contributed by atoms with E-state index in [9.17, 15) is 0 Å². The minimum Gasteiger partial charge on any atom is -0.380 e. The zero-order valence-corrected chi connectivity index (χ0v) is 12.6. The molecule has 0 bridgehead atoms. The summed E-state index contributed by atoms with van der Waals surface area (Å²) in [5.74, 6) is 1.60. The molecule has 2 aromatic heterocycles. The largest absolute Gasteiger partial charge is 0.380 e. The highest BCUT2D eigenvalue weighted by Gasteiger charge is 2.17. The molecule has 0 spiro atoms. The summed E-state index contributed by atoms with van der Waals surface area (Å²) in [6.45, 7) is 6.31. The number of fused-ring (bicyclic) bond motifs is 1. The number of halogens is 1. The summed E-state index contributed by atoms with van der Waals surface area (Å²) in [5.41, 5.74) is 3.11. The molecule has 0 fully saturated rings. The number of aromatic nitrogens is 4. The van der Waals surface area contributed by atoms with Crippen LogP contribution in [0.5, 0.6) is 0 Å². The summed E-state index contributed by atoms with van der Waals surface area (Å²) >= 11 is 5.87. The third-order valence-corrected chi connectivity index (χ3v) is 3.38. The van der Waals surface area contributed by atoms with E-state index in [1.165, 1.54) is 0 Å². The van der Waals surface area contributed by atoms with Gasteiger partial charge in [-0.15, -0.1) is 11.6 Å². The Kier molecular flexibility index (Phi) is 4.82. The molecule has 2 heterocycles. The van der Waals surface area contributed by atoms with Crippen molar-refractivity contribution in [2.24, 2.45) is 7.05 Å². The average Bonchev–Trinajstić information content (AvgIpc) is 2.89. The van der Waals surface area contributed by atoms with Gasteiger partial charge in [-0.2, -0.15) is 5.10 Å². The van der Waals surface area contributed by atoms with E-state index in [-0.39, 0.29) is 0 Å². The summed E-state index contributed by atoms with van der Waals surface area (Å²) in [5, 5.41) is 4.52. The van der Waals surface area contributed by atoms with Crippen molar-refractivity contribution in [2.45, 2.75) is 33.2 Å². The summed E-state index contributed by atoms with van der Waals surface area (Å²) < 4.78 is 9.54.